The second-order valence-corrected chi connectivity index (χ2v) is 4.67. The quantitative estimate of drug-likeness (QED) is 0.651. The van der Waals surface area contributed by atoms with E-state index in [1.807, 2.05) is 11.8 Å². The highest BCUT2D eigenvalue weighted by atomic mass is 32.2. The molecule has 11 heavy (non-hydrogen) atoms. The van der Waals surface area contributed by atoms with Gasteiger partial charge in [-0.3, -0.25) is 0 Å². The van der Waals surface area contributed by atoms with E-state index < -0.39 is 0 Å². The molecule has 1 unspecified atom stereocenters. The predicted octanol–water partition coefficient (Wildman–Crippen LogP) is 2.60. The first-order chi connectivity index (χ1) is 5.04. The van der Waals surface area contributed by atoms with E-state index in [1.54, 1.807) is 0 Å². The van der Waals surface area contributed by atoms with E-state index in [0.29, 0.717) is 11.5 Å². The largest absolute Gasteiger partial charge is 0.382 e. The van der Waals surface area contributed by atoms with E-state index in [4.69, 9.17) is 0 Å². The Bertz CT molecular complexity index is 174. The van der Waals surface area contributed by atoms with Crippen LogP contribution in [-0.2, 0) is 0 Å². The lowest BCUT2D eigenvalue weighted by atomic mass is 9.90. The Hall–Kier alpha value is -0.110. The van der Waals surface area contributed by atoms with Crippen molar-refractivity contribution in [2.45, 2.75) is 33.2 Å². The molecule has 0 radical (unpaired) electrons. The Morgan fingerprint density at radius 1 is 1.64 bits per heavy atom. The molecule has 0 aromatic carbocycles. The maximum atomic E-state index is 3.53. The molecule has 1 rings (SSSR count). The van der Waals surface area contributed by atoms with Crippen molar-refractivity contribution in [1.82, 2.24) is 5.32 Å². The van der Waals surface area contributed by atoms with E-state index in [-0.39, 0.29) is 0 Å². The van der Waals surface area contributed by atoms with Crippen molar-refractivity contribution in [3.8, 4) is 0 Å². The van der Waals surface area contributed by atoms with E-state index >= 15 is 0 Å². The average Bonchev–Trinajstić information content (AvgIpc) is 1.86. The van der Waals surface area contributed by atoms with Crippen LogP contribution in [0.1, 0.15) is 27.7 Å². The topological polar surface area (TPSA) is 12.0 Å². The summed E-state index contributed by atoms with van der Waals surface area (Å²) >= 11 is 1.91. The van der Waals surface area contributed by atoms with Gasteiger partial charge in [0.25, 0.3) is 0 Å². The lowest BCUT2D eigenvalue weighted by Crippen LogP contribution is -2.49. The Kier molecular flexibility index (Phi) is 2.53. The molecule has 1 aliphatic rings. The molecular formula is C9H17NS. The minimum absolute atomic E-state index is 0.295. The fourth-order valence-electron chi connectivity index (χ4n) is 1.17. The van der Waals surface area contributed by atoms with Gasteiger partial charge in [-0.2, -0.15) is 0 Å². The molecule has 0 saturated carbocycles. The third-order valence-corrected chi connectivity index (χ3v) is 3.69. The highest BCUT2D eigenvalue weighted by Crippen LogP contribution is 2.28. The molecule has 1 aliphatic heterocycles. The first kappa shape index (κ1) is 8.98. The summed E-state index contributed by atoms with van der Waals surface area (Å²) in [6.07, 6.45) is 0. The van der Waals surface area contributed by atoms with Crippen LogP contribution >= 0.6 is 11.8 Å². The Labute approximate surface area is 73.6 Å². The van der Waals surface area contributed by atoms with Gasteiger partial charge >= 0.3 is 0 Å². The second-order valence-electron chi connectivity index (χ2n) is 3.81. The molecule has 0 amide bonds. The molecular weight excluding hydrogens is 154 g/mol. The number of rotatable bonds is 1. The smallest absolute Gasteiger partial charge is 0.0459 e. The van der Waals surface area contributed by atoms with Gasteiger partial charge in [-0.15, -0.1) is 11.8 Å². The van der Waals surface area contributed by atoms with Gasteiger partial charge < -0.3 is 5.32 Å². The molecule has 0 spiro atoms. The van der Waals surface area contributed by atoms with E-state index in [2.05, 4.69) is 38.4 Å². The van der Waals surface area contributed by atoms with Crippen LogP contribution in [-0.4, -0.2) is 11.3 Å². The lowest BCUT2D eigenvalue weighted by Gasteiger charge is -2.38. The van der Waals surface area contributed by atoms with E-state index in [0.717, 1.165) is 0 Å². The Morgan fingerprint density at radius 2 is 2.27 bits per heavy atom. The molecule has 0 aromatic rings. The summed E-state index contributed by atoms with van der Waals surface area (Å²) in [5.41, 5.74) is 1.60. The number of hydrogen-bond acceptors (Lipinski definition) is 2. The number of hydrogen-bond donors (Lipinski definition) is 1. The molecule has 0 aromatic heterocycles. The van der Waals surface area contributed by atoms with Crippen LogP contribution in [0.4, 0.5) is 0 Å². The maximum absolute atomic E-state index is 3.53. The van der Waals surface area contributed by atoms with Crippen LogP contribution in [0, 0.1) is 5.92 Å². The van der Waals surface area contributed by atoms with Gasteiger partial charge in [0.05, 0.1) is 0 Å². The van der Waals surface area contributed by atoms with Gasteiger partial charge in [0.2, 0.25) is 0 Å². The molecule has 1 atom stereocenters. The standard InChI is InChI=1S/C9H17NS/c1-7(2)9(4)6-11-5-8(3)10-9/h5,7,10H,6H2,1-4H3. The maximum Gasteiger partial charge on any atom is 0.0459 e. The zero-order valence-corrected chi connectivity index (χ0v) is 8.59. The molecule has 2 heteroatoms. The normalized spacial score (nSPS) is 31.5. The number of thioether (sulfide) groups is 1. The first-order valence-corrected chi connectivity index (χ1v) is 5.16. The third kappa shape index (κ3) is 1.92. The van der Waals surface area contributed by atoms with Gasteiger partial charge in [-0.05, 0) is 25.2 Å². The van der Waals surface area contributed by atoms with Crippen molar-refractivity contribution in [2.75, 3.05) is 5.75 Å². The predicted molar refractivity (Wildman–Crippen MR) is 52.6 cm³/mol. The number of allylic oxidation sites excluding steroid dienone is 1. The molecule has 0 aliphatic carbocycles. The van der Waals surface area contributed by atoms with Crippen LogP contribution < -0.4 is 5.32 Å². The van der Waals surface area contributed by atoms with Gasteiger partial charge in [-0.1, -0.05) is 13.8 Å². The molecule has 64 valence electrons. The average molecular weight is 171 g/mol. The zero-order valence-electron chi connectivity index (χ0n) is 7.77. The second kappa shape index (κ2) is 3.10. The SMILES string of the molecule is CC1=CSCC(C)(C(C)C)N1. The van der Waals surface area contributed by atoms with Gasteiger partial charge in [0.1, 0.15) is 0 Å². The summed E-state index contributed by atoms with van der Waals surface area (Å²) in [7, 11) is 0. The molecule has 0 fully saturated rings. The van der Waals surface area contributed by atoms with Crippen molar-refractivity contribution in [2.24, 2.45) is 5.92 Å². The Balaban J connectivity index is 2.68. The van der Waals surface area contributed by atoms with Gasteiger partial charge in [0.15, 0.2) is 0 Å². The van der Waals surface area contributed by atoms with E-state index in [9.17, 15) is 0 Å². The van der Waals surface area contributed by atoms with Crippen LogP contribution in [0.5, 0.6) is 0 Å². The Morgan fingerprint density at radius 3 is 2.64 bits per heavy atom. The van der Waals surface area contributed by atoms with Crippen molar-refractivity contribution in [3.05, 3.63) is 11.1 Å². The fraction of sp³-hybridized carbons (Fsp3) is 0.778. The first-order valence-electron chi connectivity index (χ1n) is 4.11. The van der Waals surface area contributed by atoms with Crippen LogP contribution in [0.3, 0.4) is 0 Å². The summed E-state index contributed by atoms with van der Waals surface area (Å²) in [4.78, 5) is 0. The van der Waals surface area contributed by atoms with Crippen molar-refractivity contribution in [1.29, 1.82) is 0 Å². The van der Waals surface area contributed by atoms with Crippen LogP contribution in [0.2, 0.25) is 0 Å². The summed E-state index contributed by atoms with van der Waals surface area (Å²) in [5.74, 6) is 1.88. The van der Waals surface area contributed by atoms with Crippen molar-refractivity contribution in [3.63, 3.8) is 0 Å². The highest BCUT2D eigenvalue weighted by molar-refractivity contribution is 8.02. The number of nitrogens with one attached hydrogen (secondary N) is 1. The minimum Gasteiger partial charge on any atom is -0.382 e. The van der Waals surface area contributed by atoms with Gasteiger partial charge in [-0.25, -0.2) is 0 Å². The summed E-state index contributed by atoms with van der Waals surface area (Å²) < 4.78 is 0. The molecule has 1 nitrogen and oxygen atoms in total. The molecule has 1 heterocycles. The van der Waals surface area contributed by atoms with Crippen molar-refractivity contribution < 1.29 is 0 Å². The fourth-order valence-corrected chi connectivity index (χ4v) is 2.31. The zero-order chi connectivity index (χ0) is 8.48. The monoisotopic (exact) mass is 171 g/mol. The van der Waals surface area contributed by atoms with Crippen LogP contribution in [0.25, 0.3) is 0 Å². The van der Waals surface area contributed by atoms with Gasteiger partial charge in [0, 0.05) is 17.0 Å². The molecule has 0 bridgehead atoms. The highest BCUT2D eigenvalue weighted by Gasteiger charge is 2.29. The minimum atomic E-state index is 0.295. The van der Waals surface area contributed by atoms with Crippen molar-refractivity contribution >= 4 is 11.8 Å². The summed E-state index contributed by atoms with van der Waals surface area (Å²) in [5, 5.41) is 5.73. The summed E-state index contributed by atoms with van der Waals surface area (Å²) in [6, 6.07) is 0. The van der Waals surface area contributed by atoms with Crippen LogP contribution in [0.15, 0.2) is 11.1 Å². The third-order valence-electron chi connectivity index (χ3n) is 2.40. The molecule has 0 saturated heterocycles. The molecule has 1 N–H and O–H groups in total. The van der Waals surface area contributed by atoms with E-state index in [1.165, 1.54) is 11.4 Å². The lowest BCUT2D eigenvalue weighted by molar-refractivity contribution is 0.318. The summed E-state index contributed by atoms with van der Waals surface area (Å²) in [6.45, 7) is 8.96.